The van der Waals surface area contributed by atoms with Gasteiger partial charge in [-0.15, -0.1) is 0 Å². The van der Waals surface area contributed by atoms with E-state index in [-0.39, 0.29) is 5.92 Å². The molecule has 3 nitrogen and oxygen atoms in total. The number of benzene rings is 1. The summed E-state index contributed by atoms with van der Waals surface area (Å²) >= 11 is 0. The summed E-state index contributed by atoms with van der Waals surface area (Å²) in [5.74, 6) is 0.832. The smallest absolute Gasteiger partial charge is 0.230 e. The lowest BCUT2D eigenvalue weighted by molar-refractivity contribution is -0.133. The summed E-state index contributed by atoms with van der Waals surface area (Å²) in [5.41, 5.74) is 1.19. The first-order valence-corrected chi connectivity index (χ1v) is 8.54. The molecule has 0 saturated heterocycles. The number of likely N-dealkylation sites (N-methyl/N-ethyl adjacent to an activating group) is 2. The zero-order valence-corrected chi connectivity index (χ0v) is 14.3. The van der Waals surface area contributed by atoms with Crippen molar-refractivity contribution in [3.63, 3.8) is 0 Å². The third kappa shape index (κ3) is 4.57. The van der Waals surface area contributed by atoms with Gasteiger partial charge in [-0.25, -0.2) is 0 Å². The van der Waals surface area contributed by atoms with Crippen LogP contribution >= 0.6 is 0 Å². The van der Waals surface area contributed by atoms with Gasteiger partial charge in [-0.3, -0.25) is 4.79 Å². The molecule has 1 aliphatic rings. The van der Waals surface area contributed by atoms with Crippen molar-refractivity contribution in [2.24, 2.45) is 5.92 Å². The summed E-state index contributed by atoms with van der Waals surface area (Å²) < 4.78 is 0. The summed E-state index contributed by atoms with van der Waals surface area (Å²) in [4.78, 5) is 17.1. The number of hydrogen-bond acceptors (Lipinski definition) is 2. The largest absolute Gasteiger partial charge is 0.344 e. The van der Waals surface area contributed by atoms with Gasteiger partial charge in [0.1, 0.15) is 0 Å². The van der Waals surface area contributed by atoms with Crippen molar-refractivity contribution >= 4 is 5.91 Å². The van der Waals surface area contributed by atoms with Gasteiger partial charge in [0.15, 0.2) is 0 Å². The lowest BCUT2D eigenvalue weighted by Crippen LogP contribution is -2.39. The molecular weight excluding hydrogens is 272 g/mol. The summed E-state index contributed by atoms with van der Waals surface area (Å²) in [6.07, 6.45) is 6.23. The zero-order chi connectivity index (χ0) is 15.9. The van der Waals surface area contributed by atoms with Crippen LogP contribution in [0, 0.1) is 5.92 Å². The number of amides is 1. The summed E-state index contributed by atoms with van der Waals surface area (Å²) in [5, 5.41) is 0. The molecule has 0 radical (unpaired) electrons. The number of hydrogen-bond donors (Lipinski definition) is 0. The zero-order valence-electron chi connectivity index (χ0n) is 14.3. The van der Waals surface area contributed by atoms with Crippen molar-refractivity contribution in [2.45, 2.75) is 38.0 Å². The predicted molar refractivity (Wildman–Crippen MR) is 91.9 cm³/mol. The van der Waals surface area contributed by atoms with Crippen LogP contribution in [0.1, 0.15) is 43.6 Å². The molecule has 0 spiro atoms. The summed E-state index contributed by atoms with van der Waals surface area (Å²) in [6, 6.07) is 10.4. The van der Waals surface area contributed by atoms with E-state index in [9.17, 15) is 4.79 Å². The fourth-order valence-corrected chi connectivity index (χ4v) is 3.44. The quantitative estimate of drug-likeness (QED) is 0.804. The van der Waals surface area contributed by atoms with E-state index >= 15 is 0 Å². The minimum Gasteiger partial charge on any atom is -0.344 e. The second kappa shape index (κ2) is 8.33. The third-order valence-electron chi connectivity index (χ3n) is 4.80. The van der Waals surface area contributed by atoms with Crippen molar-refractivity contribution in [1.82, 2.24) is 9.80 Å². The van der Waals surface area contributed by atoms with E-state index in [1.165, 1.54) is 37.7 Å². The van der Waals surface area contributed by atoms with Crippen molar-refractivity contribution in [2.75, 3.05) is 34.2 Å². The Hall–Kier alpha value is -1.35. The summed E-state index contributed by atoms with van der Waals surface area (Å²) in [6.45, 7) is 1.70. The van der Waals surface area contributed by atoms with Gasteiger partial charge in [-0.1, -0.05) is 49.6 Å². The molecule has 1 aliphatic carbocycles. The van der Waals surface area contributed by atoms with Gasteiger partial charge in [0.2, 0.25) is 5.91 Å². The second-order valence-corrected chi connectivity index (χ2v) is 6.85. The standard InChI is InChI=1S/C19H30N2O/c1-20(2)14-15-21(3)19(22)18(16-10-6-4-7-11-16)17-12-8-5-9-13-17/h4,6-7,10-11,17-18H,5,8-9,12-15H2,1-3H3. The normalized spacial score (nSPS) is 17.5. The minimum atomic E-state index is 0.0358. The number of carbonyl (C=O) groups excluding carboxylic acids is 1. The lowest BCUT2D eigenvalue weighted by atomic mass is 9.76. The monoisotopic (exact) mass is 302 g/mol. The molecule has 22 heavy (non-hydrogen) atoms. The van der Waals surface area contributed by atoms with E-state index in [1.807, 2.05) is 32.1 Å². The fourth-order valence-electron chi connectivity index (χ4n) is 3.44. The molecule has 0 N–H and O–H groups in total. The number of nitrogens with zero attached hydrogens (tertiary/aromatic N) is 2. The van der Waals surface area contributed by atoms with Crippen molar-refractivity contribution in [1.29, 1.82) is 0 Å². The van der Waals surface area contributed by atoms with Crippen LogP contribution in [0.25, 0.3) is 0 Å². The van der Waals surface area contributed by atoms with E-state index < -0.39 is 0 Å². The molecule has 3 heteroatoms. The molecule has 0 aliphatic heterocycles. The highest BCUT2D eigenvalue weighted by molar-refractivity contribution is 5.84. The molecule has 0 heterocycles. The lowest BCUT2D eigenvalue weighted by Gasteiger charge is -2.33. The van der Waals surface area contributed by atoms with E-state index in [1.54, 1.807) is 0 Å². The third-order valence-corrected chi connectivity index (χ3v) is 4.80. The first-order valence-electron chi connectivity index (χ1n) is 8.54. The predicted octanol–water partition coefficient (Wildman–Crippen LogP) is 3.37. The molecule has 1 saturated carbocycles. The van der Waals surface area contributed by atoms with Gasteiger partial charge in [0.05, 0.1) is 5.92 Å². The maximum atomic E-state index is 13.1. The van der Waals surface area contributed by atoms with E-state index in [0.29, 0.717) is 11.8 Å². The maximum absolute atomic E-state index is 13.1. The van der Waals surface area contributed by atoms with Crippen molar-refractivity contribution < 1.29 is 4.79 Å². The van der Waals surface area contributed by atoms with Gasteiger partial charge in [-0.2, -0.15) is 0 Å². The van der Waals surface area contributed by atoms with Crippen LogP contribution in [0.2, 0.25) is 0 Å². The van der Waals surface area contributed by atoms with E-state index in [0.717, 1.165) is 13.1 Å². The molecule has 122 valence electrons. The minimum absolute atomic E-state index is 0.0358. The first-order chi connectivity index (χ1) is 10.6. The van der Waals surface area contributed by atoms with Crippen LogP contribution in [0.15, 0.2) is 30.3 Å². The summed E-state index contributed by atoms with van der Waals surface area (Å²) in [7, 11) is 6.05. The number of carbonyl (C=O) groups is 1. The Bertz CT molecular complexity index is 452. The van der Waals surface area contributed by atoms with Crippen LogP contribution in [0.4, 0.5) is 0 Å². The molecule has 0 aromatic heterocycles. The van der Waals surface area contributed by atoms with Crippen LogP contribution < -0.4 is 0 Å². The maximum Gasteiger partial charge on any atom is 0.230 e. The van der Waals surface area contributed by atoms with Crippen molar-refractivity contribution in [3.8, 4) is 0 Å². The molecular formula is C19H30N2O. The molecule has 2 rings (SSSR count). The highest BCUT2D eigenvalue weighted by atomic mass is 16.2. The van der Waals surface area contributed by atoms with Gasteiger partial charge in [0.25, 0.3) is 0 Å². The molecule has 1 unspecified atom stereocenters. The van der Waals surface area contributed by atoms with Gasteiger partial charge in [-0.05, 0) is 38.4 Å². The molecule has 1 atom stereocenters. The van der Waals surface area contributed by atoms with Crippen LogP contribution in [0.3, 0.4) is 0 Å². The van der Waals surface area contributed by atoms with E-state index in [4.69, 9.17) is 0 Å². The Labute approximate surface area is 135 Å². The second-order valence-electron chi connectivity index (χ2n) is 6.85. The Morgan fingerprint density at radius 1 is 1.05 bits per heavy atom. The topological polar surface area (TPSA) is 23.6 Å². The Balaban J connectivity index is 2.14. The molecule has 0 bridgehead atoms. The Morgan fingerprint density at radius 2 is 1.68 bits per heavy atom. The number of rotatable bonds is 6. The highest BCUT2D eigenvalue weighted by Gasteiger charge is 2.32. The SMILES string of the molecule is CN(C)CCN(C)C(=O)C(c1ccccc1)C1CCCCC1. The van der Waals surface area contributed by atoms with Crippen molar-refractivity contribution in [3.05, 3.63) is 35.9 Å². The van der Waals surface area contributed by atoms with Crippen LogP contribution in [-0.4, -0.2) is 49.9 Å². The first kappa shape index (κ1) is 17.0. The molecule has 1 amide bonds. The molecule has 1 aromatic carbocycles. The Morgan fingerprint density at radius 3 is 2.27 bits per heavy atom. The van der Waals surface area contributed by atoms with Gasteiger partial charge >= 0.3 is 0 Å². The van der Waals surface area contributed by atoms with Gasteiger partial charge in [0, 0.05) is 20.1 Å². The van der Waals surface area contributed by atoms with Gasteiger partial charge < -0.3 is 9.80 Å². The fraction of sp³-hybridized carbons (Fsp3) is 0.632. The molecule has 1 fully saturated rings. The average Bonchev–Trinajstić information content (AvgIpc) is 2.54. The highest BCUT2D eigenvalue weighted by Crippen LogP contribution is 2.37. The van der Waals surface area contributed by atoms with Crippen LogP contribution in [-0.2, 0) is 4.79 Å². The average molecular weight is 302 g/mol. The van der Waals surface area contributed by atoms with Crippen LogP contribution in [0.5, 0.6) is 0 Å². The Kier molecular flexibility index (Phi) is 6.44. The molecule has 1 aromatic rings. The van der Waals surface area contributed by atoms with E-state index in [2.05, 4.69) is 29.2 Å².